The van der Waals surface area contributed by atoms with Crippen LogP contribution in [0.15, 0.2) is 47.7 Å². The quantitative estimate of drug-likeness (QED) is 0.518. The predicted octanol–water partition coefficient (Wildman–Crippen LogP) is 2.64. The van der Waals surface area contributed by atoms with Crippen molar-refractivity contribution >= 4 is 11.9 Å². The highest BCUT2D eigenvalue weighted by Crippen LogP contribution is 2.16. The van der Waals surface area contributed by atoms with Gasteiger partial charge in [-0.25, -0.2) is 4.99 Å². The summed E-state index contributed by atoms with van der Waals surface area (Å²) in [6.45, 7) is 8.71. The molecule has 0 aliphatic carbocycles. The van der Waals surface area contributed by atoms with Gasteiger partial charge in [-0.15, -0.1) is 0 Å². The first kappa shape index (κ1) is 21.9. The number of nitrogens with zero attached hydrogens (tertiary/aromatic N) is 4. The zero-order valence-corrected chi connectivity index (χ0v) is 18.2. The van der Waals surface area contributed by atoms with Crippen molar-refractivity contribution in [2.75, 3.05) is 26.2 Å². The maximum absolute atomic E-state index is 12.5. The minimum atomic E-state index is 0.231. The Morgan fingerprint density at radius 1 is 1.23 bits per heavy atom. The minimum Gasteiger partial charge on any atom is -0.357 e. The second-order valence-corrected chi connectivity index (χ2v) is 7.93. The van der Waals surface area contributed by atoms with Gasteiger partial charge in [-0.05, 0) is 42.9 Å². The van der Waals surface area contributed by atoms with Crippen LogP contribution in [0.5, 0.6) is 0 Å². The van der Waals surface area contributed by atoms with Gasteiger partial charge < -0.3 is 15.5 Å². The third-order valence-corrected chi connectivity index (χ3v) is 5.40. The van der Waals surface area contributed by atoms with Crippen LogP contribution in [-0.4, -0.2) is 52.7 Å². The number of hydrogen-bond donors (Lipinski definition) is 2. The molecule has 1 saturated heterocycles. The van der Waals surface area contributed by atoms with Crippen molar-refractivity contribution in [3.63, 3.8) is 0 Å². The van der Waals surface area contributed by atoms with Crippen molar-refractivity contribution in [1.29, 1.82) is 0 Å². The van der Waals surface area contributed by atoms with Crippen molar-refractivity contribution in [2.45, 2.75) is 46.2 Å². The van der Waals surface area contributed by atoms with E-state index >= 15 is 0 Å². The lowest BCUT2D eigenvalue weighted by Crippen LogP contribution is -2.42. The van der Waals surface area contributed by atoms with Gasteiger partial charge in [0.15, 0.2) is 5.96 Å². The number of guanidine groups is 1. The van der Waals surface area contributed by atoms with E-state index in [0.717, 1.165) is 38.6 Å². The van der Waals surface area contributed by atoms with E-state index in [0.29, 0.717) is 25.4 Å². The average Bonchev–Trinajstić information content (AvgIpc) is 3.26. The van der Waals surface area contributed by atoms with Crippen LogP contribution in [0.1, 0.15) is 44.2 Å². The summed E-state index contributed by atoms with van der Waals surface area (Å²) in [4.78, 5) is 19.2. The van der Waals surface area contributed by atoms with Crippen molar-refractivity contribution in [3.05, 3.63) is 53.9 Å². The Balaban J connectivity index is 1.54. The molecule has 0 saturated carbocycles. The molecular formula is C23H34N6O. The molecule has 2 heterocycles. The number of carbonyl (C=O) groups excluding carboxylic acids is 1. The number of piperidine rings is 1. The Labute approximate surface area is 179 Å². The lowest BCUT2D eigenvalue weighted by atomic mass is 10.00. The second-order valence-electron chi connectivity index (χ2n) is 7.93. The van der Waals surface area contributed by atoms with Crippen LogP contribution in [0.2, 0.25) is 0 Å². The Morgan fingerprint density at radius 3 is 2.80 bits per heavy atom. The van der Waals surface area contributed by atoms with E-state index in [4.69, 9.17) is 4.99 Å². The summed E-state index contributed by atoms with van der Waals surface area (Å²) in [6.07, 6.45) is 6.59. The molecule has 2 N–H and O–H groups in total. The number of carbonyl (C=O) groups is 1. The first-order valence-corrected chi connectivity index (χ1v) is 11.0. The third kappa shape index (κ3) is 6.61. The summed E-state index contributed by atoms with van der Waals surface area (Å²) < 4.78 is 1.92. The largest absolute Gasteiger partial charge is 0.357 e. The van der Waals surface area contributed by atoms with Gasteiger partial charge in [0.2, 0.25) is 5.91 Å². The Hall–Kier alpha value is -2.83. The molecule has 1 amide bonds. The van der Waals surface area contributed by atoms with E-state index < -0.39 is 0 Å². The summed E-state index contributed by atoms with van der Waals surface area (Å²) in [7, 11) is 0. The number of amides is 1. The van der Waals surface area contributed by atoms with E-state index in [1.54, 1.807) is 6.20 Å². The summed E-state index contributed by atoms with van der Waals surface area (Å²) >= 11 is 0. The summed E-state index contributed by atoms with van der Waals surface area (Å²) in [5.41, 5.74) is 2.37. The normalized spacial score (nSPS) is 17.1. The van der Waals surface area contributed by atoms with E-state index in [1.165, 1.54) is 17.5 Å². The summed E-state index contributed by atoms with van der Waals surface area (Å²) in [5, 5.41) is 10.9. The van der Waals surface area contributed by atoms with Crippen LogP contribution in [0, 0.1) is 5.92 Å². The predicted molar refractivity (Wildman–Crippen MR) is 120 cm³/mol. The molecule has 7 nitrogen and oxygen atoms in total. The molecule has 1 aromatic heterocycles. The fourth-order valence-corrected chi connectivity index (χ4v) is 3.80. The number of aromatic nitrogens is 2. The van der Waals surface area contributed by atoms with Gasteiger partial charge in [0.25, 0.3) is 0 Å². The van der Waals surface area contributed by atoms with Gasteiger partial charge in [0, 0.05) is 45.0 Å². The van der Waals surface area contributed by atoms with Gasteiger partial charge in [-0.2, -0.15) is 5.10 Å². The van der Waals surface area contributed by atoms with Gasteiger partial charge in [0.1, 0.15) is 0 Å². The number of benzene rings is 1. The highest BCUT2D eigenvalue weighted by Gasteiger charge is 2.20. The van der Waals surface area contributed by atoms with Crippen LogP contribution in [0.25, 0.3) is 0 Å². The van der Waals surface area contributed by atoms with E-state index in [-0.39, 0.29) is 5.91 Å². The average molecular weight is 411 g/mol. The highest BCUT2D eigenvalue weighted by atomic mass is 16.2. The first-order valence-electron chi connectivity index (χ1n) is 11.0. The lowest BCUT2D eigenvalue weighted by Gasteiger charge is -2.31. The molecule has 2 aromatic rings. The zero-order valence-electron chi connectivity index (χ0n) is 18.2. The van der Waals surface area contributed by atoms with Crippen LogP contribution >= 0.6 is 0 Å². The standard InChI is InChI=1S/C23H34N6O/c1-3-24-23(25-13-11-22(30)28-14-6-8-19(2)17-28)26-16-20-9-4-5-10-21(20)18-29-15-7-12-27-29/h4-5,7,9-10,12,15,19H,3,6,8,11,13-14,16-18H2,1-2H3,(H2,24,25,26). The van der Waals surface area contributed by atoms with E-state index in [1.807, 2.05) is 40.9 Å². The number of rotatable bonds is 8. The maximum atomic E-state index is 12.5. The summed E-state index contributed by atoms with van der Waals surface area (Å²) in [6, 6.07) is 10.2. The van der Waals surface area contributed by atoms with Crippen molar-refractivity contribution in [2.24, 2.45) is 10.9 Å². The molecule has 1 aliphatic heterocycles. The molecule has 1 atom stereocenters. The highest BCUT2D eigenvalue weighted by molar-refractivity contribution is 5.81. The van der Waals surface area contributed by atoms with Crippen molar-refractivity contribution in [1.82, 2.24) is 25.3 Å². The molecule has 0 spiro atoms. The molecule has 1 unspecified atom stereocenters. The smallest absolute Gasteiger partial charge is 0.224 e. The Bertz CT molecular complexity index is 817. The van der Waals surface area contributed by atoms with Gasteiger partial charge in [0.05, 0.1) is 13.1 Å². The lowest BCUT2D eigenvalue weighted by molar-refractivity contribution is -0.132. The van der Waals surface area contributed by atoms with Gasteiger partial charge >= 0.3 is 0 Å². The first-order chi connectivity index (χ1) is 14.7. The van der Waals surface area contributed by atoms with Crippen LogP contribution in [-0.2, 0) is 17.9 Å². The monoisotopic (exact) mass is 410 g/mol. The van der Waals surface area contributed by atoms with E-state index in [9.17, 15) is 4.79 Å². The molecule has 3 rings (SSSR count). The Morgan fingerprint density at radius 2 is 2.07 bits per heavy atom. The van der Waals surface area contributed by atoms with E-state index in [2.05, 4.69) is 34.8 Å². The molecule has 0 bridgehead atoms. The SMILES string of the molecule is CCNC(=NCc1ccccc1Cn1cccn1)NCCC(=O)N1CCCC(C)C1. The summed E-state index contributed by atoms with van der Waals surface area (Å²) in [5.74, 6) is 1.58. The number of nitrogens with one attached hydrogen (secondary N) is 2. The second kappa shape index (κ2) is 11.4. The maximum Gasteiger partial charge on any atom is 0.224 e. The third-order valence-electron chi connectivity index (χ3n) is 5.40. The Kier molecular flexibility index (Phi) is 8.30. The van der Waals surface area contributed by atoms with Crippen LogP contribution in [0.4, 0.5) is 0 Å². The van der Waals surface area contributed by atoms with Crippen LogP contribution in [0.3, 0.4) is 0 Å². The zero-order chi connectivity index (χ0) is 21.2. The van der Waals surface area contributed by atoms with Gasteiger partial charge in [-0.3, -0.25) is 9.48 Å². The molecule has 7 heteroatoms. The molecule has 1 aliphatic rings. The molecule has 1 aromatic carbocycles. The molecule has 1 fully saturated rings. The molecular weight excluding hydrogens is 376 g/mol. The van der Waals surface area contributed by atoms with Crippen LogP contribution < -0.4 is 10.6 Å². The van der Waals surface area contributed by atoms with Crippen molar-refractivity contribution < 1.29 is 4.79 Å². The number of aliphatic imine (C=N–C) groups is 1. The van der Waals surface area contributed by atoms with Crippen molar-refractivity contribution in [3.8, 4) is 0 Å². The molecule has 0 radical (unpaired) electrons. The number of likely N-dealkylation sites (tertiary alicyclic amines) is 1. The number of hydrogen-bond acceptors (Lipinski definition) is 3. The minimum absolute atomic E-state index is 0.231. The molecule has 162 valence electrons. The fourth-order valence-electron chi connectivity index (χ4n) is 3.80. The fraction of sp³-hybridized carbons (Fsp3) is 0.522. The molecule has 30 heavy (non-hydrogen) atoms. The van der Waals surface area contributed by atoms with Gasteiger partial charge in [-0.1, -0.05) is 31.2 Å². The topological polar surface area (TPSA) is 74.5 Å².